The molecule has 0 aliphatic rings. The van der Waals surface area contributed by atoms with E-state index in [0.29, 0.717) is 0 Å². The van der Waals surface area contributed by atoms with Crippen molar-refractivity contribution >= 4 is 10.0 Å². The molecule has 0 aliphatic heterocycles. The summed E-state index contributed by atoms with van der Waals surface area (Å²) in [6, 6.07) is 6.64. The SMILES string of the molecule is Cc1ccc(S(=O)(=O)N(C)CCC(C)F)cc1. The fraction of sp³-hybridized carbons (Fsp3) is 0.500. The number of aryl methyl sites for hydroxylation is 1. The maximum absolute atomic E-state index is 12.7. The van der Waals surface area contributed by atoms with Gasteiger partial charge in [-0.15, -0.1) is 0 Å². The molecule has 1 rings (SSSR count). The van der Waals surface area contributed by atoms with Gasteiger partial charge in [-0.25, -0.2) is 17.1 Å². The van der Waals surface area contributed by atoms with Gasteiger partial charge in [-0.05, 0) is 32.4 Å². The van der Waals surface area contributed by atoms with Crippen LogP contribution in [0.4, 0.5) is 4.39 Å². The molecular weight excluding hydrogens is 241 g/mol. The van der Waals surface area contributed by atoms with Crippen molar-refractivity contribution in [2.24, 2.45) is 0 Å². The Hall–Kier alpha value is -0.940. The minimum atomic E-state index is -3.48. The number of benzene rings is 1. The number of hydrogen-bond donors (Lipinski definition) is 0. The monoisotopic (exact) mass is 259 g/mol. The summed E-state index contributed by atoms with van der Waals surface area (Å²) < 4.78 is 38.0. The van der Waals surface area contributed by atoms with Gasteiger partial charge in [0.25, 0.3) is 0 Å². The standard InChI is InChI=1S/C12H18FNO2S/c1-10-4-6-12(7-5-10)17(15,16)14(3)9-8-11(2)13/h4-7,11H,8-9H2,1-3H3. The van der Waals surface area contributed by atoms with Crippen molar-refractivity contribution < 1.29 is 12.8 Å². The fourth-order valence-electron chi connectivity index (χ4n) is 1.37. The molecule has 0 bridgehead atoms. The van der Waals surface area contributed by atoms with Crippen molar-refractivity contribution in [3.63, 3.8) is 0 Å². The topological polar surface area (TPSA) is 37.4 Å². The lowest BCUT2D eigenvalue weighted by Crippen LogP contribution is -2.29. The number of rotatable bonds is 5. The summed E-state index contributed by atoms with van der Waals surface area (Å²) in [5.74, 6) is 0. The molecule has 0 aromatic heterocycles. The third-order valence-electron chi connectivity index (χ3n) is 2.57. The van der Waals surface area contributed by atoms with Crippen molar-refractivity contribution in [1.29, 1.82) is 0 Å². The summed E-state index contributed by atoms with van der Waals surface area (Å²) in [4.78, 5) is 0.247. The van der Waals surface area contributed by atoms with Crippen LogP contribution in [0.1, 0.15) is 18.9 Å². The van der Waals surface area contributed by atoms with Gasteiger partial charge in [0.1, 0.15) is 0 Å². The van der Waals surface area contributed by atoms with Crippen molar-refractivity contribution in [2.45, 2.75) is 31.3 Å². The van der Waals surface area contributed by atoms with Gasteiger partial charge >= 0.3 is 0 Å². The van der Waals surface area contributed by atoms with E-state index in [0.717, 1.165) is 5.56 Å². The highest BCUT2D eigenvalue weighted by atomic mass is 32.2. The molecule has 0 N–H and O–H groups in total. The molecule has 0 aliphatic carbocycles. The lowest BCUT2D eigenvalue weighted by atomic mass is 10.2. The van der Waals surface area contributed by atoms with E-state index in [9.17, 15) is 12.8 Å². The molecule has 0 fully saturated rings. The van der Waals surface area contributed by atoms with E-state index < -0.39 is 16.2 Å². The van der Waals surface area contributed by atoms with Crippen LogP contribution in [0.25, 0.3) is 0 Å². The van der Waals surface area contributed by atoms with Crippen molar-refractivity contribution in [1.82, 2.24) is 4.31 Å². The second-order valence-corrected chi connectivity index (χ2v) is 6.25. The Morgan fingerprint density at radius 1 is 1.29 bits per heavy atom. The molecule has 0 amide bonds. The first-order chi connectivity index (χ1) is 7.84. The first kappa shape index (κ1) is 14.1. The van der Waals surface area contributed by atoms with E-state index in [1.54, 1.807) is 24.3 Å². The van der Waals surface area contributed by atoms with Crippen molar-refractivity contribution in [3.05, 3.63) is 29.8 Å². The van der Waals surface area contributed by atoms with Crippen LogP contribution in [0, 0.1) is 6.92 Å². The molecule has 5 heteroatoms. The van der Waals surface area contributed by atoms with Crippen LogP contribution in [-0.4, -0.2) is 32.5 Å². The lowest BCUT2D eigenvalue weighted by Gasteiger charge is -2.17. The van der Waals surface area contributed by atoms with Crippen molar-refractivity contribution in [2.75, 3.05) is 13.6 Å². The Kier molecular flexibility index (Phi) is 4.65. The Labute approximate surface area is 102 Å². The molecule has 17 heavy (non-hydrogen) atoms. The minimum absolute atomic E-state index is 0.188. The van der Waals surface area contributed by atoms with Gasteiger partial charge in [0.05, 0.1) is 11.1 Å². The first-order valence-corrected chi connectivity index (χ1v) is 6.95. The van der Waals surface area contributed by atoms with E-state index in [2.05, 4.69) is 0 Å². The molecule has 96 valence electrons. The van der Waals surface area contributed by atoms with Crippen molar-refractivity contribution in [3.8, 4) is 0 Å². The highest BCUT2D eigenvalue weighted by Gasteiger charge is 2.20. The third-order valence-corrected chi connectivity index (χ3v) is 4.44. The highest BCUT2D eigenvalue weighted by Crippen LogP contribution is 2.15. The van der Waals surface area contributed by atoms with E-state index in [1.807, 2.05) is 6.92 Å². The summed E-state index contributed by atoms with van der Waals surface area (Å²) in [7, 11) is -2.01. The third kappa shape index (κ3) is 3.78. The number of alkyl halides is 1. The number of nitrogens with zero attached hydrogens (tertiary/aromatic N) is 1. The molecule has 1 aromatic carbocycles. The fourth-order valence-corrected chi connectivity index (χ4v) is 2.56. The predicted molar refractivity (Wildman–Crippen MR) is 66.2 cm³/mol. The van der Waals surface area contributed by atoms with Gasteiger partial charge in [0.15, 0.2) is 0 Å². The smallest absolute Gasteiger partial charge is 0.242 e. The molecular formula is C12H18FNO2S. The average molecular weight is 259 g/mol. The zero-order valence-electron chi connectivity index (χ0n) is 10.4. The van der Waals surface area contributed by atoms with Gasteiger partial charge in [-0.1, -0.05) is 17.7 Å². The number of sulfonamides is 1. The maximum atomic E-state index is 12.7. The highest BCUT2D eigenvalue weighted by molar-refractivity contribution is 7.89. The molecule has 3 nitrogen and oxygen atoms in total. The largest absolute Gasteiger partial charge is 0.248 e. The molecule has 0 spiro atoms. The Morgan fingerprint density at radius 3 is 2.29 bits per heavy atom. The summed E-state index contributed by atoms with van der Waals surface area (Å²) >= 11 is 0. The summed E-state index contributed by atoms with van der Waals surface area (Å²) in [6.07, 6.45) is -0.785. The van der Waals surface area contributed by atoms with Gasteiger partial charge in [0, 0.05) is 13.6 Å². The van der Waals surface area contributed by atoms with Gasteiger partial charge in [-0.3, -0.25) is 0 Å². The van der Waals surface area contributed by atoms with E-state index >= 15 is 0 Å². The van der Waals surface area contributed by atoms with E-state index in [4.69, 9.17) is 0 Å². The first-order valence-electron chi connectivity index (χ1n) is 5.51. The van der Waals surface area contributed by atoms with Crippen LogP contribution in [-0.2, 0) is 10.0 Å². The van der Waals surface area contributed by atoms with Crippen LogP contribution in [0.15, 0.2) is 29.2 Å². The average Bonchev–Trinajstić information content (AvgIpc) is 2.26. The normalized spacial score (nSPS) is 13.9. The zero-order valence-corrected chi connectivity index (χ0v) is 11.2. The van der Waals surface area contributed by atoms with Gasteiger partial charge < -0.3 is 0 Å². The van der Waals surface area contributed by atoms with Crippen LogP contribution in [0.3, 0.4) is 0 Å². The number of halogens is 1. The Morgan fingerprint density at radius 2 is 1.82 bits per heavy atom. The molecule has 1 atom stereocenters. The zero-order chi connectivity index (χ0) is 13.1. The quantitative estimate of drug-likeness (QED) is 0.814. The lowest BCUT2D eigenvalue weighted by molar-refractivity contribution is 0.315. The van der Waals surface area contributed by atoms with E-state index in [1.165, 1.54) is 18.3 Å². The molecule has 0 saturated heterocycles. The van der Waals surface area contributed by atoms with Crippen LogP contribution in [0.2, 0.25) is 0 Å². The maximum Gasteiger partial charge on any atom is 0.242 e. The van der Waals surface area contributed by atoms with Crippen LogP contribution >= 0.6 is 0 Å². The molecule has 1 unspecified atom stereocenters. The minimum Gasteiger partial charge on any atom is -0.248 e. The second kappa shape index (κ2) is 5.60. The van der Waals surface area contributed by atoms with E-state index in [-0.39, 0.29) is 17.9 Å². The second-order valence-electron chi connectivity index (χ2n) is 4.21. The van der Waals surface area contributed by atoms with Crippen LogP contribution in [0.5, 0.6) is 0 Å². The predicted octanol–water partition coefficient (Wildman–Crippen LogP) is 2.36. The molecule has 0 saturated carbocycles. The summed E-state index contributed by atoms with van der Waals surface area (Å²) in [5, 5.41) is 0. The molecule has 1 aromatic rings. The Balaban J connectivity index is 2.84. The summed E-state index contributed by atoms with van der Waals surface area (Å²) in [6.45, 7) is 3.51. The number of hydrogen-bond acceptors (Lipinski definition) is 2. The Bertz CT molecular complexity index is 454. The molecule has 0 radical (unpaired) electrons. The van der Waals surface area contributed by atoms with Gasteiger partial charge in [-0.2, -0.15) is 0 Å². The molecule has 0 heterocycles. The summed E-state index contributed by atoms with van der Waals surface area (Å²) in [5.41, 5.74) is 1.00. The van der Waals surface area contributed by atoms with Crippen LogP contribution < -0.4 is 0 Å². The van der Waals surface area contributed by atoms with Gasteiger partial charge in [0.2, 0.25) is 10.0 Å².